The molecule has 0 radical (unpaired) electrons. The first kappa shape index (κ1) is 23.7. The van der Waals surface area contributed by atoms with E-state index in [0.717, 1.165) is 51.5 Å². The minimum absolute atomic E-state index is 0.0200. The molecular formula is C26H46N2O3. The molecule has 5 heteroatoms. The van der Waals surface area contributed by atoms with Gasteiger partial charge in [0.1, 0.15) is 0 Å². The van der Waals surface area contributed by atoms with Crippen LogP contribution in [-0.2, 0) is 4.84 Å². The smallest absolute Gasteiger partial charge is 0.0809 e. The SMILES string of the molecule is CN(C)CCONC/C=C/C1CC[C@@]2(O)[C@@H]3CCC4CC(O)CC[C@]4(C)[C@@H]3CC[C@]12C. The third kappa shape index (κ3) is 4.14. The molecule has 0 aromatic carbocycles. The van der Waals surface area contributed by atoms with Gasteiger partial charge in [-0.25, -0.2) is 0 Å². The van der Waals surface area contributed by atoms with Crippen LogP contribution in [0.3, 0.4) is 0 Å². The molecule has 4 fully saturated rings. The van der Waals surface area contributed by atoms with E-state index in [1.807, 2.05) is 14.1 Å². The highest BCUT2D eigenvalue weighted by molar-refractivity contribution is 5.19. The topological polar surface area (TPSA) is 65.0 Å². The Balaban J connectivity index is 1.40. The molecule has 31 heavy (non-hydrogen) atoms. The average molecular weight is 435 g/mol. The first-order valence-corrected chi connectivity index (χ1v) is 12.8. The zero-order valence-electron chi connectivity index (χ0n) is 20.3. The van der Waals surface area contributed by atoms with Crippen molar-refractivity contribution in [3.63, 3.8) is 0 Å². The van der Waals surface area contributed by atoms with Crippen molar-refractivity contribution in [2.45, 2.75) is 83.3 Å². The molecule has 0 amide bonds. The predicted molar refractivity (Wildman–Crippen MR) is 124 cm³/mol. The van der Waals surface area contributed by atoms with Gasteiger partial charge in [-0.1, -0.05) is 26.0 Å². The van der Waals surface area contributed by atoms with Crippen LogP contribution in [0, 0.1) is 34.5 Å². The van der Waals surface area contributed by atoms with Crippen LogP contribution in [0.25, 0.3) is 0 Å². The fraction of sp³-hybridized carbons (Fsp3) is 0.923. The number of allylic oxidation sites excluding steroid dienone is 1. The highest BCUT2D eigenvalue weighted by atomic mass is 16.6. The normalized spacial score (nSPS) is 47.4. The van der Waals surface area contributed by atoms with Crippen molar-refractivity contribution in [3.8, 4) is 0 Å². The summed E-state index contributed by atoms with van der Waals surface area (Å²) in [5.41, 5.74) is 2.80. The second-order valence-electron chi connectivity index (χ2n) is 11.9. The lowest BCUT2D eigenvalue weighted by Gasteiger charge is -2.63. The van der Waals surface area contributed by atoms with Gasteiger partial charge < -0.3 is 20.0 Å². The van der Waals surface area contributed by atoms with E-state index in [4.69, 9.17) is 4.84 Å². The molecule has 0 aromatic heterocycles. The van der Waals surface area contributed by atoms with Gasteiger partial charge in [0.25, 0.3) is 0 Å². The van der Waals surface area contributed by atoms with Gasteiger partial charge in [-0.15, -0.1) is 0 Å². The molecular weight excluding hydrogens is 388 g/mol. The van der Waals surface area contributed by atoms with Crippen molar-refractivity contribution in [2.75, 3.05) is 33.8 Å². The number of nitrogens with one attached hydrogen (secondary N) is 1. The molecule has 0 saturated heterocycles. The van der Waals surface area contributed by atoms with Gasteiger partial charge in [-0.3, -0.25) is 0 Å². The van der Waals surface area contributed by atoms with Crippen LogP contribution >= 0.6 is 0 Å². The van der Waals surface area contributed by atoms with Gasteiger partial charge in [0.15, 0.2) is 0 Å². The summed E-state index contributed by atoms with van der Waals surface area (Å²) >= 11 is 0. The lowest BCUT2D eigenvalue weighted by atomic mass is 9.43. The first-order valence-electron chi connectivity index (χ1n) is 12.8. The Morgan fingerprint density at radius 3 is 2.61 bits per heavy atom. The Bertz CT molecular complexity index is 655. The lowest BCUT2D eigenvalue weighted by molar-refractivity contribution is -0.207. The summed E-state index contributed by atoms with van der Waals surface area (Å²) in [6, 6.07) is 0. The minimum Gasteiger partial charge on any atom is -0.393 e. The van der Waals surface area contributed by atoms with E-state index in [1.54, 1.807) is 0 Å². The molecule has 0 spiro atoms. The Labute approximate surface area is 189 Å². The molecule has 0 aromatic rings. The molecule has 4 aliphatic carbocycles. The van der Waals surface area contributed by atoms with E-state index in [1.165, 1.54) is 12.8 Å². The molecule has 3 unspecified atom stereocenters. The maximum Gasteiger partial charge on any atom is 0.0809 e. The minimum atomic E-state index is -0.537. The van der Waals surface area contributed by atoms with Crippen LogP contribution in [0.4, 0.5) is 0 Å². The molecule has 8 atom stereocenters. The third-order valence-corrected chi connectivity index (χ3v) is 10.2. The van der Waals surface area contributed by atoms with Gasteiger partial charge in [-0.05, 0) is 101 Å². The van der Waals surface area contributed by atoms with Crippen molar-refractivity contribution in [3.05, 3.63) is 12.2 Å². The predicted octanol–water partition coefficient (Wildman–Crippen LogP) is 3.76. The number of aliphatic hydroxyl groups is 2. The van der Waals surface area contributed by atoms with Crippen LogP contribution in [0.2, 0.25) is 0 Å². The van der Waals surface area contributed by atoms with Gasteiger partial charge in [0, 0.05) is 18.5 Å². The summed E-state index contributed by atoms with van der Waals surface area (Å²) in [6.07, 6.45) is 14.2. The van der Waals surface area contributed by atoms with Gasteiger partial charge in [0.05, 0.1) is 18.3 Å². The zero-order chi connectivity index (χ0) is 22.3. The highest BCUT2D eigenvalue weighted by Crippen LogP contribution is 2.69. The summed E-state index contributed by atoms with van der Waals surface area (Å²) in [7, 11) is 4.09. The van der Waals surface area contributed by atoms with Gasteiger partial charge in [-0.2, -0.15) is 5.48 Å². The summed E-state index contributed by atoms with van der Waals surface area (Å²) in [5, 5.41) is 22.4. The largest absolute Gasteiger partial charge is 0.393 e. The number of aliphatic hydroxyl groups excluding tert-OH is 1. The average Bonchev–Trinajstić information content (AvgIpc) is 2.99. The lowest BCUT2D eigenvalue weighted by Crippen LogP contribution is -2.62. The van der Waals surface area contributed by atoms with E-state index in [-0.39, 0.29) is 11.5 Å². The van der Waals surface area contributed by atoms with E-state index >= 15 is 0 Å². The number of likely N-dealkylation sites (N-methyl/N-ethyl adjacent to an activating group) is 1. The van der Waals surface area contributed by atoms with E-state index in [0.29, 0.717) is 42.2 Å². The number of hydrogen-bond donors (Lipinski definition) is 3. The maximum atomic E-state index is 12.2. The maximum absolute atomic E-state index is 12.2. The van der Waals surface area contributed by atoms with Crippen molar-refractivity contribution >= 4 is 0 Å². The molecule has 5 nitrogen and oxygen atoms in total. The second-order valence-corrected chi connectivity index (χ2v) is 11.9. The molecule has 0 heterocycles. The van der Waals surface area contributed by atoms with Crippen molar-refractivity contribution < 1.29 is 15.1 Å². The Kier molecular flexibility index (Phi) is 6.92. The molecule has 178 valence electrons. The summed E-state index contributed by atoms with van der Waals surface area (Å²) in [4.78, 5) is 7.60. The Hall–Kier alpha value is -0.460. The fourth-order valence-electron chi connectivity index (χ4n) is 8.19. The Morgan fingerprint density at radius 2 is 1.84 bits per heavy atom. The standard InChI is InChI=1S/C26H46N2O3/c1-24-12-10-21(29)18-20(24)7-8-23-22(24)11-13-25(2)19(9-14-26(23,25)30)6-5-15-27-31-17-16-28(3)4/h5-6,19-23,27,29-30H,7-18H2,1-4H3/b6-5+/t19?,20?,21?,22-,23-,24+,25-,26-/m1/s1. The number of fused-ring (bicyclic) bond motifs is 5. The molecule has 3 N–H and O–H groups in total. The van der Waals surface area contributed by atoms with Crippen LogP contribution in [0.1, 0.15) is 71.6 Å². The van der Waals surface area contributed by atoms with E-state index < -0.39 is 5.60 Å². The highest BCUT2D eigenvalue weighted by Gasteiger charge is 2.66. The van der Waals surface area contributed by atoms with Crippen molar-refractivity contribution in [2.24, 2.45) is 34.5 Å². The van der Waals surface area contributed by atoms with Crippen LogP contribution in [0.15, 0.2) is 12.2 Å². The van der Waals surface area contributed by atoms with Crippen LogP contribution in [-0.4, -0.2) is 60.6 Å². The molecule has 0 aliphatic heterocycles. The number of hydrogen-bond acceptors (Lipinski definition) is 5. The number of hydroxylamine groups is 1. The van der Waals surface area contributed by atoms with Gasteiger partial charge in [0.2, 0.25) is 0 Å². The van der Waals surface area contributed by atoms with Crippen molar-refractivity contribution in [1.29, 1.82) is 0 Å². The van der Waals surface area contributed by atoms with Crippen molar-refractivity contribution in [1.82, 2.24) is 10.4 Å². The quantitative estimate of drug-likeness (QED) is 0.323. The summed E-state index contributed by atoms with van der Waals surface area (Å²) < 4.78 is 0. The van der Waals surface area contributed by atoms with E-state index in [9.17, 15) is 10.2 Å². The Morgan fingerprint density at radius 1 is 1.03 bits per heavy atom. The van der Waals surface area contributed by atoms with Crippen LogP contribution in [0.5, 0.6) is 0 Å². The first-order chi connectivity index (χ1) is 14.7. The molecule has 0 bridgehead atoms. The third-order valence-electron chi connectivity index (χ3n) is 10.2. The zero-order valence-corrected chi connectivity index (χ0v) is 20.3. The van der Waals surface area contributed by atoms with Gasteiger partial charge >= 0.3 is 0 Å². The summed E-state index contributed by atoms with van der Waals surface area (Å²) in [5.74, 6) is 2.13. The monoisotopic (exact) mass is 434 g/mol. The second kappa shape index (κ2) is 9.06. The molecule has 4 rings (SSSR count). The summed E-state index contributed by atoms with van der Waals surface area (Å²) in [6.45, 7) is 7.16. The number of nitrogens with zero attached hydrogens (tertiary/aromatic N) is 1. The number of rotatable bonds is 7. The molecule has 4 aliphatic rings. The fourth-order valence-corrected chi connectivity index (χ4v) is 8.19. The van der Waals surface area contributed by atoms with E-state index in [2.05, 4.69) is 36.4 Å². The molecule has 4 saturated carbocycles. The van der Waals surface area contributed by atoms with Crippen LogP contribution < -0.4 is 5.48 Å².